The van der Waals surface area contributed by atoms with Crippen LogP contribution in [0.3, 0.4) is 0 Å². The van der Waals surface area contributed by atoms with Crippen molar-refractivity contribution in [1.29, 1.82) is 0 Å². The molecule has 0 saturated heterocycles. The van der Waals surface area contributed by atoms with E-state index in [1.165, 1.54) is 24.3 Å². The summed E-state index contributed by atoms with van der Waals surface area (Å²) in [4.78, 5) is 12.1. The zero-order valence-corrected chi connectivity index (χ0v) is 16.7. The molecular weight excluding hydrogens is 408 g/mol. The average molecular weight is 426 g/mol. The van der Waals surface area contributed by atoms with Gasteiger partial charge >= 0.3 is 0 Å². The van der Waals surface area contributed by atoms with E-state index in [0.29, 0.717) is 17.9 Å². The summed E-state index contributed by atoms with van der Waals surface area (Å²) in [5, 5.41) is 18.9. The Bertz CT molecular complexity index is 1190. The Kier molecular flexibility index (Phi) is 6.19. The van der Waals surface area contributed by atoms with Crippen molar-refractivity contribution in [3.8, 4) is 0 Å². The lowest BCUT2D eigenvalue weighted by atomic mass is 10.2. The van der Waals surface area contributed by atoms with Gasteiger partial charge in [-0.2, -0.15) is 18.6 Å². The summed E-state index contributed by atoms with van der Waals surface area (Å²) in [6.45, 7) is 0.428. The molecule has 0 radical (unpaired) electrons. The molecule has 0 aliphatic heterocycles. The molecule has 3 aromatic rings. The first-order valence-corrected chi connectivity index (χ1v) is 10.2. The van der Waals surface area contributed by atoms with Gasteiger partial charge in [-0.15, -0.1) is 0 Å². The maximum Gasteiger partial charge on any atom is 0.294 e. The van der Waals surface area contributed by atoms with Crippen molar-refractivity contribution >= 4 is 32.9 Å². The molecule has 154 valence electrons. The largest absolute Gasteiger partial charge is 0.370 e. The molecule has 1 N–H and O–H groups in total. The minimum Gasteiger partial charge on any atom is -0.370 e. The molecule has 3 rings (SSSR count). The topological polar surface area (TPSA) is 125 Å². The number of rotatable bonds is 7. The number of nitro groups is 1. The highest BCUT2D eigenvalue weighted by Crippen LogP contribution is 2.25. The number of hydrogen-bond acceptors (Lipinski definition) is 7. The first-order chi connectivity index (χ1) is 14.2. The van der Waals surface area contributed by atoms with Gasteiger partial charge in [-0.05, 0) is 48.0 Å². The van der Waals surface area contributed by atoms with Crippen molar-refractivity contribution < 1.29 is 17.9 Å². The molecule has 0 saturated carbocycles. The molecule has 0 aliphatic rings. The molecule has 0 aliphatic carbocycles. The summed E-state index contributed by atoms with van der Waals surface area (Å²) < 4.78 is 31.7. The SMILES string of the molecule is CN(Cc1cccc(S(=O)(=O)O)c1)c1ccc(N=Nc2cccc([N+](=O)[O-])c2)cc1. The molecule has 10 heteroatoms. The number of nitrogens with zero attached hydrogens (tertiary/aromatic N) is 4. The van der Waals surface area contributed by atoms with Crippen LogP contribution in [-0.4, -0.2) is 24.9 Å². The van der Waals surface area contributed by atoms with Crippen LogP contribution >= 0.6 is 0 Å². The smallest absolute Gasteiger partial charge is 0.294 e. The molecule has 0 heterocycles. The van der Waals surface area contributed by atoms with E-state index in [-0.39, 0.29) is 10.6 Å². The van der Waals surface area contributed by atoms with Crippen LogP contribution in [-0.2, 0) is 16.7 Å². The summed E-state index contributed by atoms with van der Waals surface area (Å²) in [5.41, 5.74) is 2.49. The summed E-state index contributed by atoms with van der Waals surface area (Å²) in [6.07, 6.45) is 0. The predicted molar refractivity (Wildman–Crippen MR) is 112 cm³/mol. The number of non-ortho nitro benzene ring substituents is 1. The van der Waals surface area contributed by atoms with E-state index in [1.807, 2.05) is 24.1 Å². The fourth-order valence-electron chi connectivity index (χ4n) is 2.73. The van der Waals surface area contributed by atoms with Gasteiger partial charge in [-0.25, -0.2) is 0 Å². The van der Waals surface area contributed by atoms with Crippen LogP contribution in [0.25, 0.3) is 0 Å². The Morgan fingerprint density at radius 2 is 1.63 bits per heavy atom. The van der Waals surface area contributed by atoms with Crippen LogP contribution in [0.2, 0.25) is 0 Å². The van der Waals surface area contributed by atoms with Crippen LogP contribution < -0.4 is 4.90 Å². The van der Waals surface area contributed by atoms with Gasteiger partial charge in [0.2, 0.25) is 0 Å². The van der Waals surface area contributed by atoms with E-state index >= 15 is 0 Å². The fraction of sp³-hybridized carbons (Fsp3) is 0.100. The third-order valence-electron chi connectivity index (χ3n) is 4.23. The minimum absolute atomic E-state index is 0.0542. The number of hydrogen-bond donors (Lipinski definition) is 1. The molecule has 0 atom stereocenters. The van der Waals surface area contributed by atoms with Gasteiger partial charge < -0.3 is 4.90 Å². The molecule has 0 fully saturated rings. The molecule has 9 nitrogen and oxygen atoms in total. The second kappa shape index (κ2) is 8.80. The lowest BCUT2D eigenvalue weighted by molar-refractivity contribution is -0.384. The Morgan fingerprint density at radius 3 is 2.30 bits per heavy atom. The fourth-order valence-corrected chi connectivity index (χ4v) is 3.28. The highest BCUT2D eigenvalue weighted by Gasteiger charge is 2.11. The predicted octanol–water partition coefficient (Wildman–Crippen LogP) is 4.89. The Morgan fingerprint density at radius 1 is 0.967 bits per heavy atom. The Hall–Kier alpha value is -3.63. The zero-order valence-electron chi connectivity index (χ0n) is 15.9. The first kappa shape index (κ1) is 21.1. The molecule has 0 bridgehead atoms. The van der Waals surface area contributed by atoms with E-state index in [2.05, 4.69) is 10.2 Å². The number of azo groups is 1. The summed E-state index contributed by atoms with van der Waals surface area (Å²) in [7, 11) is -2.40. The van der Waals surface area contributed by atoms with Crippen LogP contribution in [0.4, 0.5) is 22.7 Å². The average Bonchev–Trinajstić information content (AvgIpc) is 2.72. The summed E-state index contributed by atoms with van der Waals surface area (Å²) >= 11 is 0. The minimum atomic E-state index is -4.25. The quantitative estimate of drug-likeness (QED) is 0.248. The molecule has 30 heavy (non-hydrogen) atoms. The van der Waals surface area contributed by atoms with Crippen molar-refractivity contribution in [2.75, 3.05) is 11.9 Å². The molecular formula is C20H18N4O5S. The normalized spacial score (nSPS) is 11.5. The van der Waals surface area contributed by atoms with Crippen molar-refractivity contribution in [1.82, 2.24) is 0 Å². The van der Waals surface area contributed by atoms with Crippen LogP contribution in [0.1, 0.15) is 5.56 Å². The monoisotopic (exact) mass is 426 g/mol. The second-order valence-corrected chi connectivity index (χ2v) is 7.89. The van der Waals surface area contributed by atoms with E-state index in [0.717, 1.165) is 11.3 Å². The standard InChI is InChI=1S/C20H18N4O5S/c1-23(14-15-4-2-7-20(12-15)30(27,28)29)18-10-8-16(9-11-18)21-22-17-5-3-6-19(13-17)24(25)26/h2-13H,14H2,1H3,(H,27,28,29). The molecule has 0 amide bonds. The van der Waals surface area contributed by atoms with E-state index < -0.39 is 15.0 Å². The van der Waals surface area contributed by atoms with Crippen molar-refractivity contribution in [2.24, 2.45) is 10.2 Å². The van der Waals surface area contributed by atoms with Gasteiger partial charge in [0.15, 0.2) is 0 Å². The molecule has 3 aromatic carbocycles. The van der Waals surface area contributed by atoms with Crippen molar-refractivity contribution in [3.63, 3.8) is 0 Å². The van der Waals surface area contributed by atoms with Gasteiger partial charge in [0.05, 0.1) is 21.2 Å². The number of anilines is 1. The molecule has 0 spiro atoms. The highest BCUT2D eigenvalue weighted by atomic mass is 32.2. The maximum absolute atomic E-state index is 11.3. The third-order valence-corrected chi connectivity index (χ3v) is 5.08. The lowest BCUT2D eigenvalue weighted by Gasteiger charge is -2.19. The zero-order chi connectivity index (χ0) is 21.7. The Labute approximate surface area is 173 Å². The molecule has 0 aromatic heterocycles. The van der Waals surface area contributed by atoms with Crippen LogP contribution in [0.15, 0.2) is 87.9 Å². The lowest BCUT2D eigenvalue weighted by Crippen LogP contribution is -2.16. The van der Waals surface area contributed by atoms with E-state index in [4.69, 9.17) is 0 Å². The van der Waals surface area contributed by atoms with Gasteiger partial charge in [0.1, 0.15) is 0 Å². The van der Waals surface area contributed by atoms with Crippen molar-refractivity contribution in [2.45, 2.75) is 11.4 Å². The summed E-state index contributed by atoms with van der Waals surface area (Å²) in [6, 6.07) is 19.2. The second-order valence-electron chi connectivity index (χ2n) is 6.47. The van der Waals surface area contributed by atoms with E-state index in [1.54, 1.807) is 36.4 Å². The van der Waals surface area contributed by atoms with Crippen LogP contribution in [0, 0.1) is 10.1 Å². The van der Waals surface area contributed by atoms with Gasteiger partial charge in [-0.3, -0.25) is 14.7 Å². The summed E-state index contributed by atoms with van der Waals surface area (Å²) in [5.74, 6) is 0. The maximum atomic E-state index is 11.3. The van der Waals surface area contributed by atoms with Crippen LogP contribution in [0.5, 0.6) is 0 Å². The van der Waals surface area contributed by atoms with Gasteiger partial charge in [0.25, 0.3) is 15.8 Å². The molecule has 0 unspecified atom stereocenters. The van der Waals surface area contributed by atoms with Gasteiger partial charge in [0, 0.05) is 31.4 Å². The number of benzene rings is 3. The number of nitro benzene ring substituents is 1. The van der Waals surface area contributed by atoms with Gasteiger partial charge in [-0.1, -0.05) is 18.2 Å². The van der Waals surface area contributed by atoms with E-state index in [9.17, 15) is 23.1 Å². The first-order valence-electron chi connectivity index (χ1n) is 8.76. The highest BCUT2D eigenvalue weighted by molar-refractivity contribution is 7.85. The Balaban J connectivity index is 1.69. The third kappa shape index (κ3) is 5.46. The van der Waals surface area contributed by atoms with Crippen molar-refractivity contribution in [3.05, 3.63) is 88.5 Å².